The van der Waals surface area contributed by atoms with Gasteiger partial charge in [0.05, 0.1) is 13.2 Å². The lowest BCUT2D eigenvalue weighted by Gasteiger charge is -2.35. The molecule has 1 aromatic carbocycles. The fourth-order valence-corrected chi connectivity index (χ4v) is 3.02. The van der Waals surface area contributed by atoms with Crippen LogP contribution < -0.4 is 19.5 Å². The SMILES string of the molecule is CCNC(=NCCOc1ccc2c(c1)OCO2)N1CCN(C(=O)OCC)CC1.I. The molecule has 10 heteroatoms. The molecule has 0 spiro atoms. The van der Waals surface area contributed by atoms with Crippen molar-refractivity contribution in [3.63, 3.8) is 0 Å². The molecule has 1 N–H and O–H groups in total. The van der Waals surface area contributed by atoms with Gasteiger partial charge in [0.2, 0.25) is 6.79 Å². The number of aliphatic imine (C=N–C) groups is 1. The zero-order valence-corrected chi connectivity index (χ0v) is 19.2. The highest BCUT2D eigenvalue weighted by Gasteiger charge is 2.23. The second-order valence-electron chi connectivity index (χ2n) is 6.27. The van der Waals surface area contributed by atoms with E-state index in [2.05, 4.69) is 15.2 Å². The van der Waals surface area contributed by atoms with Crippen LogP contribution in [0.3, 0.4) is 0 Å². The molecule has 1 amide bonds. The number of amides is 1. The number of hydrogen-bond donors (Lipinski definition) is 1. The maximum absolute atomic E-state index is 11.8. The summed E-state index contributed by atoms with van der Waals surface area (Å²) in [5.74, 6) is 3.00. The van der Waals surface area contributed by atoms with Gasteiger partial charge in [-0.25, -0.2) is 9.79 Å². The number of fused-ring (bicyclic) bond motifs is 1. The van der Waals surface area contributed by atoms with Crippen LogP contribution in [0.15, 0.2) is 23.2 Å². The Labute approximate surface area is 188 Å². The lowest BCUT2D eigenvalue weighted by molar-refractivity contribution is 0.0914. The molecule has 2 aliphatic rings. The minimum Gasteiger partial charge on any atom is -0.492 e. The maximum Gasteiger partial charge on any atom is 0.409 e. The summed E-state index contributed by atoms with van der Waals surface area (Å²) in [5, 5.41) is 3.30. The highest BCUT2D eigenvalue weighted by atomic mass is 127. The summed E-state index contributed by atoms with van der Waals surface area (Å²) in [4.78, 5) is 20.4. The van der Waals surface area contributed by atoms with E-state index in [9.17, 15) is 4.79 Å². The molecular formula is C19H29IN4O5. The number of carbonyl (C=O) groups excluding carboxylic acids is 1. The summed E-state index contributed by atoms with van der Waals surface area (Å²) in [6.45, 7) is 8.93. The molecule has 3 rings (SSSR count). The number of benzene rings is 1. The average Bonchev–Trinajstić information content (AvgIpc) is 3.18. The van der Waals surface area contributed by atoms with Crippen LogP contribution in [0.4, 0.5) is 4.79 Å². The van der Waals surface area contributed by atoms with Gasteiger partial charge < -0.3 is 34.1 Å². The summed E-state index contributed by atoms with van der Waals surface area (Å²) < 4.78 is 21.5. The van der Waals surface area contributed by atoms with Crippen molar-refractivity contribution in [2.75, 3.05) is 59.3 Å². The van der Waals surface area contributed by atoms with Crippen molar-refractivity contribution in [3.05, 3.63) is 18.2 Å². The Morgan fingerprint density at radius 3 is 2.59 bits per heavy atom. The van der Waals surface area contributed by atoms with Gasteiger partial charge in [-0.05, 0) is 26.0 Å². The van der Waals surface area contributed by atoms with E-state index in [1.807, 2.05) is 32.0 Å². The Balaban J connectivity index is 0.00000300. The third-order valence-corrected chi connectivity index (χ3v) is 4.41. The van der Waals surface area contributed by atoms with Crippen LogP contribution in [0, 0.1) is 0 Å². The molecule has 162 valence electrons. The molecule has 0 aromatic heterocycles. The van der Waals surface area contributed by atoms with Crippen molar-refractivity contribution in [1.82, 2.24) is 15.1 Å². The lowest BCUT2D eigenvalue weighted by atomic mass is 10.3. The van der Waals surface area contributed by atoms with E-state index >= 15 is 0 Å². The predicted molar refractivity (Wildman–Crippen MR) is 120 cm³/mol. The zero-order valence-electron chi connectivity index (χ0n) is 16.9. The van der Waals surface area contributed by atoms with Crippen LogP contribution in [0.1, 0.15) is 13.8 Å². The van der Waals surface area contributed by atoms with Gasteiger partial charge in [0.25, 0.3) is 0 Å². The molecule has 0 radical (unpaired) electrons. The number of halogens is 1. The van der Waals surface area contributed by atoms with Crippen molar-refractivity contribution < 1.29 is 23.7 Å². The molecule has 0 bridgehead atoms. The van der Waals surface area contributed by atoms with E-state index in [4.69, 9.17) is 18.9 Å². The Hall–Kier alpha value is -2.11. The van der Waals surface area contributed by atoms with E-state index in [1.54, 1.807) is 4.90 Å². The van der Waals surface area contributed by atoms with E-state index in [1.165, 1.54) is 0 Å². The van der Waals surface area contributed by atoms with Gasteiger partial charge in [-0.1, -0.05) is 0 Å². The van der Waals surface area contributed by atoms with Crippen LogP contribution in [0.25, 0.3) is 0 Å². The molecule has 2 aliphatic heterocycles. The molecule has 0 unspecified atom stereocenters. The minimum atomic E-state index is -0.249. The molecule has 1 saturated heterocycles. The van der Waals surface area contributed by atoms with Gasteiger partial charge in [-0.15, -0.1) is 24.0 Å². The molecule has 9 nitrogen and oxygen atoms in total. The van der Waals surface area contributed by atoms with Crippen LogP contribution in [0.2, 0.25) is 0 Å². The van der Waals surface area contributed by atoms with Gasteiger partial charge in [-0.3, -0.25) is 0 Å². The second kappa shape index (κ2) is 11.8. The van der Waals surface area contributed by atoms with Crippen molar-refractivity contribution >= 4 is 36.0 Å². The number of nitrogens with one attached hydrogen (secondary N) is 1. The highest BCUT2D eigenvalue weighted by molar-refractivity contribution is 14.0. The lowest BCUT2D eigenvalue weighted by Crippen LogP contribution is -2.54. The first-order valence-electron chi connectivity index (χ1n) is 9.68. The van der Waals surface area contributed by atoms with Gasteiger partial charge in [0.1, 0.15) is 12.4 Å². The molecule has 29 heavy (non-hydrogen) atoms. The van der Waals surface area contributed by atoms with Gasteiger partial charge >= 0.3 is 6.09 Å². The maximum atomic E-state index is 11.8. The third kappa shape index (κ3) is 6.44. The number of guanidine groups is 1. The summed E-state index contributed by atoms with van der Waals surface area (Å²) in [5.41, 5.74) is 0. The number of rotatable bonds is 6. The van der Waals surface area contributed by atoms with E-state index in [0.717, 1.165) is 24.0 Å². The number of hydrogen-bond acceptors (Lipinski definition) is 6. The van der Waals surface area contributed by atoms with E-state index < -0.39 is 0 Å². The number of ether oxygens (including phenoxy) is 4. The molecule has 2 heterocycles. The van der Waals surface area contributed by atoms with Crippen molar-refractivity contribution in [1.29, 1.82) is 0 Å². The zero-order chi connectivity index (χ0) is 19.8. The fraction of sp³-hybridized carbons (Fsp3) is 0.579. The average molecular weight is 520 g/mol. The molecule has 0 saturated carbocycles. The van der Waals surface area contributed by atoms with Crippen molar-refractivity contribution in [2.45, 2.75) is 13.8 Å². The summed E-state index contributed by atoms with van der Waals surface area (Å²) in [7, 11) is 0. The van der Waals surface area contributed by atoms with E-state index in [0.29, 0.717) is 51.7 Å². The Bertz CT molecular complexity index is 695. The molecule has 0 atom stereocenters. The number of piperazine rings is 1. The predicted octanol–water partition coefficient (Wildman–Crippen LogP) is 2.15. The van der Waals surface area contributed by atoms with Gasteiger partial charge in [-0.2, -0.15) is 0 Å². The molecule has 0 aliphatic carbocycles. The summed E-state index contributed by atoms with van der Waals surface area (Å²) in [6, 6.07) is 5.52. The second-order valence-corrected chi connectivity index (χ2v) is 6.27. The molecule has 1 fully saturated rings. The van der Waals surface area contributed by atoms with Crippen molar-refractivity contribution in [2.24, 2.45) is 4.99 Å². The summed E-state index contributed by atoms with van der Waals surface area (Å²) >= 11 is 0. The largest absolute Gasteiger partial charge is 0.492 e. The first kappa shape index (κ1) is 23.2. The topological polar surface area (TPSA) is 84.9 Å². The normalized spacial score (nSPS) is 15.6. The third-order valence-electron chi connectivity index (χ3n) is 4.41. The van der Waals surface area contributed by atoms with Crippen LogP contribution in [-0.2, 0) is 4.74 Å². The first-order valence-corrected chi connectivity index (χ1v) is 9.68. The van der Waals surface area contributed by atoms with Gasteiger partial charge in [0, 0.05) is 38.8 Å². The first-order chi connectivity index (χ1) is 13.7. The smallest absolute Gasteiger partial charge is 0.409 e. The minimum absolute atomic E-state index is 0. The Morgan fingerprint density at radius 2 is 1.86 bits per heavy atom. The summed E-state index contributed by atoms with van der Waals surface area (Å²) in [6.07, 6.45) is -0.249. The van der Waals surface area contributed by atoms with Gasteiger partial charge in [0.15, 0.2) is 17.5 Å². The molecular weight excluding hydrogens is 491 g/mol. The monoisotopic (exact) mass is 520 g/mol. The standard InChI is InChI=1S/C19H28N4O5.HI/c1-3-20-18(22-8-10-23(11-9-22)19(24)25-4-2)21-7-12-26-15-5-6-16-17(13-15)28-14-27-16;/h5-6,13H,3-4,7-12,14H2,1-2H3,(H,20,21);1H. The van der Waals surface area contributed by atoms with Crippen molar-refractivity contribution in [3.8, 4) is 17.2 Å². The van der Waals surface area contributed by atoms with Crippen LogP contribution in [0.5, 0.6) is 17.2 Å². The number of nitrogens with zero attached hydrogens (tertiary/aromatic N) is 3. The Kier molecular flexibility index (Phi) is 9.42. The van der Waals surface area contributed by atoms with Crippen LogP contribution in [-0.4, -0.2) is 81.1 Å². The van der Waals surface area contributed by atoms with Crippen LogP contribution >= 0.6 is 24.0 Å². The van der Waals surface area contributed by atoms with E-state index in [-0.39, 0.29) is 36.9 Å². The quantitative estimate of drug-likeness (QED) is 0.267. The molecule has 1 aromatic rings. The Morgan fingerprint density at radius 1 is 1.14 bits per heavy atom. The fourth-order valence-electron chi connectivity index (χ4n) is 3.02. The number of carbonyl (C=O) groups is 1. The highest BCUT2D eigenvalue weighted by Crippen LogP contribution is 2.34.